The molecule has 1 aliphatic carbocycles. The zero-order valence-electron chi connectivity index (χ0n) is 16.9. The van der Waals surface area contributed by atoms with Crippen LogP contribution < -0.4 is 0 Å². The molecule has 2 atom stereocenters. The van der Waals surface area contributed by atoms with Crippen LogP contribution in [-0.4, -0.2) is 66.2 Å². The molecule has 9 heteroatoms. The minimum absolute atomic E-state index is 0.202. The first-order valence-electron chi connectivity index (χ1n) is 10.4. The van der Waals surface area contributed by atoms with Crippen molar-refractivity contribution in [3.63, 3.8) is 0 Å². The highest BCUT2D eigenvalue weighted by atomic mass is 19.4. The molecule has 0 amide bonds. The van der Waals surface area contributed by atoms with Gasteiger partial charge in [-0.3, -0.25) is 9.88 Å². The van der Waals surface area contributed by atoms with Gasteiger partial charge >= 0.3 is 12.1 Å². The normalized spacial score (nSPS) is 27.0. The zero-order chi connectivity index (χ0) is 21.6. The van der Waals surface area contributed by atoms with E-state index in [0.717, 1.165) is 51.8 Å². The van der Waals surface area contributed by atoms with Crippen molar-refractivity contribution < 1.29 is 32.5 Å². The third-order valence-corrected chi connectivity index (χ3v) is 5.88. The number of rotatable bonds is 6. The summed E-state index contributed by atoms with van der Waals surface area (Å²) >= 11 is 0. The van der Waals surface area contributed by atoms with Gasteiger partial charge in [-0.25, -0.2) is 4.79 Å². The summed E-state index contributed by atoms with van der Waals surface area (Å²) in [5, 5.41) is 7.12. The summed E-state index contributed by atoms with van der Waals surface area (Å²) in [6.07, 6.45) is 5.40. The summed E-state index contributed by atoms with van der Waals surface area (Å²) in [4.78, 5) is 15.7. The number of pyridine rings is 1. The summed E-state index contributed by atoms with van der Waals surface area (Å²) in [5.74, 6) is -1.92. The van der Waals surface area contributed by atoms with Crippen LogP contribution in [0.2, 0.25) is 0 Å². The van der Waals surface area contributed by atoms with Gasteiger partial charge in [-0.15, -0.1) is 0 Å². The Morgan fingerprint density at radius 2 is 2.13 bits per heavy atom. The van der Waals surface area contributed by atoms with Crippen LogP contribution in [0.4, 0.5) is 13.2 Å². The maximum Gasteiger partial charge on any atom is 0.490 e. The average molecular weight is 430 g/mol. The number of nitrogens with zero attached hydrogens (tertiary/aromatic N) is 2. The topological polar surface area (TPSA) is 71.9 Å². The van der Waals surface area contributed by atoms with Gasteiger partial charge in [0.1, 0.15) is 0 Å². The summed E-state index contributed by atoms with van der Waals surface area (Å²) < 4.78 is 44.0. The lowest BCUT2D eigenvalue weighted by atomic mass is 9.73. The number of fused-ring (bicyclic) bond motifs is 1. The largest absolute Gasteiger partial charge is 0.490 e. The number of hydrogen-bond acceptors (Lipinski definition) is 5. The molecule has 3 aliphatic rings. The molecular weight excluding hydrogens is 401 g/mol. The fourth-order valence-corrected chi connectivity index (χ4v) is 4.19. The van der Waals surface area contributed by atoms with Crippen molar-refractivity contribution in [1.29, 1.82) is 0 Å². The second-order valence-corrected chi connectivity index (χ2v) is 8.45. The fraction of sp³-hybridized carbons (Fsp3) is 0.714. The van der Waals surface area contributed by atoms with Crippen molar-refractivity contribution in [2.75, 3.05) is 32.9 Å². The van der Waals surface area contributed by atoms with E-state index in [0.29, 0.717) is 6.10 Å². The monoisotopic (exact) mass is 430 g/mol. The Morgan fingerprint density at radius 1 is 1.37 bits per heavy atom. The highest BCUT2D eigenvalue weighted by molar-refractivity contribution is 5.73. The van der Waals surface area contributed by atoms with Crippen LogP contribution in [0, 0.1) is 11.3 Å². The number of hydrogen-bond donors (Lipinski definition) is 1. The first kappa shape index (κ1) is 23.0. The van der Waals surface area contributed by atoms with Crippen LogP contribution >= 0.6 is 0 Å². The summed E-state index contributed by atoms with van der Waals surface area (Å²) in [7, 11) is 0. The van der Waals surface area contributed by atoms with Crippen molar-refractivity contribution in [2.45, 2.75) is 50.9 Å². The molecule has 3 fully saturated rings. The van der Waals surface area contributed by atoms with Gasteiger partial charge in [0.2, 0.25) is 0 Å². The lowest BCUT2D eigenvalue weighted by Crippen LogP contribution is -2.56. The van der Waals surface area contributed by atoms with Crippen LogP contribution in [0.25, 0.3) is 0 Å². The Labute approximate surface area is 174 Å². The van der Waals surface area contributed by atoms with Crippen molar-refractivity contribution in [1.82, 2.24) is 9.88 Å². The second-order valence-electron chi connectivity index (χ2n) is 8.45. The van der Waals surface area contributed by atoms with Crippen LogP contribution in [0.5, 0.6) is 0 Å². The van der Waals surface area contributed by atoms with Crippen molar-refractivity contribution >= 4 is 5.97 Å². The third-order valence-electron chi connectivity index (χ3n) is 5.88. The standard InChI is InChI=1S/C19H28N2O2.C2HF3O2/c1-3-17(11-20-8-1)12-21-9-6-18-19(14-21,7-2-10-23-18)15-22-13-16-4-5-16;3-2(4,5)1(6)7/h1,3,8,11,16,18H,2,4-7,9-10,12-15H2;(H,6,7). The smallest absolute Gasteiger partial charge is 0.475 e. The molecule has 0 bridgehead atoms. The lowest BCUT2D eigenvalue weighted by Gasteiger charge is -2.50. The van der Waals surface area contributed by atoms with Crippen LogP contribution in [-0.2, 0) is 20.8 Å². The Kier molecular flexibility index (Phi) is 7.70. The van der Waals surface area contributed by atoms with Crippen molar-refractivity contribution in [2.24, 2.45) is 11.3 Å². The van der Waals surface area contributed by atoms with Crippen LogP contribution in [0.1, 0.15) is 37.7 Å². The number of alkyl halides is 3. The van der Waals surface area contributed by atoms with Gasteiger partial charge in [0, 0.05) is 50.7 Å². The molecule has 1 N–H and O–H groups in total. The highest BCUT2D eigenvalue weighted by Gasteiger charge is 2.46. The van der Waals surface area contributed by atoms with Crippen molar-refractivity contribution in [3.8, 4) is 0 Å². The first-order valence-corrected chi connectivity index (χ1v) is 10.4. The number of likely N-dealkylation sites (tertiary alicyclic amines) is 1. The van der Waals surface area contributed by atoms with Crippen LogP contribution in [0.15, 0.2) is 24.5 Å². The lowest BCUT2D eigenvalue weighted by molar-refractivity contribution is -0.192. The molecule has 0 spiro atoms. The van der Waals surface area contributed by atoms with E-state index in [-0.39, 0.29) is 5.41 Å². The van der Waals surface area contributed by atoms with Gasteiger partial charge in [-0.2, -0.15) is 13.2 Å². The number of carboxylic acid groups (broad SMARTS) is 1. The van der Waals surface area contributed by atoms with Crippen LogP contribution in [0.3, 0.4) is 0 Å². The average Bonchev–Trinajstić information content (AvgIpc) is 3.53. The quantitative estimate of drug-likeness (QED) is 0.745. The molecular formula is C21H29F3N2O4. The molecule has 3 heterocycles. The number of aliphatic carboxylic acids is 1. The molecule has 1 aromatic rings. The molecule has 2 unspecified atom stereocenters. The van der Waals surface area contributed by atoms with E-state index >= 15 is 0 Å². The maximum absolute atomic E-state index is 10.6. The minimum atomic E-state index is -5.08. The molecule has 30 heavy (non-hydrogen) atoms. The Morgan fingerprint density at radius 3 is 2.77 bits per heavy atom. The minimum Gasteiger partial charge on any atom is -0.475 e. The van der Waals surface area contributed by atoms with E-state index in [2.05, 4.69) is 16.0 Å². The molecule has 2 saturated heterocycles. The molecule has 2 aliphatic heterocycles. The van der Waals surface area contributed by atoms with E-state index in [1.807, 2.05) is 18.5 Å². The van der Waals surface area contributed by atoms with Gasteiger partial charge in [0.25, 0.3) is 0 Å². The van der Waals surface area contributed by atoms with E-state index in [1.165, 1.54) is 31.2 Å². The Balaban J connectivity index is 0.000000318. The number of piperidine rings is 1. The van der Waals surface area contributed by atoms with Gasteiger partial charge in [0.15, 0.2) is 0 Å². The second kappa shape index (κ2) is 10.1. The molecule has 6 nitrogen and oxygen atoms in total. The number of carboxylic acids is 1. The first-order chi connectivity index (χ1) is 14.3. The number of carbonyl (C=O) groups is 1. The number of ether oxygens (including phenoxy) is 2. The third kappa shape index (κ3) is 6.65. The van der Waals surface area contributed by atoms with E-state index < -0.39 is 12.1 Å². The summed E-state index contributed by atoms with van der Waals surface area (Å²) in [6.45, 7) is 5.96. The summed E-state index contributed by atoms with van der Waals surface area (Å²) in [6, 6.07) is 4.20. The van der Waals surface area contributed by atoms with Gasteiger partial charge < -0.3 is 14.6 Å². The van der Waals surface area contributed by atoms with E-state index in [1.54, 1.807) is 0 Å². The predicted molar refractivity (Wildman–Crippen MR) is 103 cm³/mol. The molecule has 0 aromatic carbocycles. The highest BCUT2D eigenvalue weighted by Crippen LogP contribution is 2.41. The fourth-order valence-electron chi connectivity index (χ4n) is 4.19. The van der Waals surface area contributed by atoms with Gasteiger partial charge in [-0.1, -0.05) is 6.07 Å². The molecule has 1 saturated carbocycles. The number of aromatic nitrogens is 1. The van der Waals surface area contributed by atoms with Gasteiger partial charge in [-0.05, 0) is 49.7 Å². The number of halogens is 3. The zero-order valence-corrected chi connectivity index (χ0v) is 16.9. The molecule has 168 valence electrons. The molecule has 4 rings (SSSR count). The Hall–Kier alpha value is -1.71. The predicted octanol–water partition coefficient (Wildman–Crippen LogP) is 3.51. The maximum atomic E-state index is 10.6. The SMILES string of the molecule is O=C(O)C(F)(F)F.c1cncc(CN2CCC3OCCCC3(COCC3CC3)C2)c1. The Bertz CT molecular complexity index is 685. The van der Waals surface area contributed by atoms with Crippen molar-refractivity contribution in [3.05, 3.63) is 30.1 Å². The van der Waals surface area contributed by atoms with E-state index in [4.69, 9.17) is 19.4 Å². The van der Waals surface area contributed by atoms with E-state index in [9.17, 15) is 13.2 Å². The molecule has 1 aromatic heterocycles. The molecule has 0 radical (unpaired) electrons. The summed E-state index contributed by atoms with van der Waals surface area (Å²) in [5.41, 5.74) is 1.50. The van der Waals surface area contributed by atoms with Gasteiger partial charge in [0.05, 0.1) is 12.7 Å².